The molecular formula is C15H15N5O5S2. The number of nitro benzene ring substituents is 1. The van der Waals surface area contributed by atoms with Crippen molar-refractivity contribution in [3.8, 4) is 6.07 Å². The SMILES string of the molecule is Cc1[nH]c(=O)sc1S(=O)(=O)N1CCN(c2ccc([N+](=O)[O-])cc2C#N)CC1. The number of aromatic amines is 1. The third kappa shape index (κ3) is 3.57. The van der Waals surface area contributed by atoms with E-state index >= 15 is 0 Å². The molecule has 142 valence electrons. The predicted molar refractivity (Wildman–Crippen MR) is 98.5 cm³/mol. The van der Waals surface area contributed by atoms with Crippen molar-refractivity contribution in [3.63, 3.8) is 0 Å². The van der Waals surface area contributed by atoms with E-state index < -0.39 is 19.8 Å². The third-order valence-corrected chi connectivity index (χ3v) is 7.73. The van der Waals surface area contributed by atoms with Gasteiger partial charge in [-0.2, -0.15) is 9.57 Å². The molecule has 0 unspecified atom stereocenters. The highest BCUT2D eigenvalue weighted by Crippen LogP contribution is 2.28. The lowest BCUT2D eigenvalue weighted by Gasteiger charge is -2.35. The van der Waals surface area contributed by atoms with Crippen LogP contribution >= 0.6 is 11.3 Å². The molecule has 0 amide bonds. The number of H-pyrrole nitrogens is 1. The Balaban J connectivity index is 1.80. The third-order valence-electron chi connectivity index (χ3n) is 4.25. The fourth-order valence-corrected chi connectivity index (χ4v) is 5.78. The van der Waals surface area contributed by atoms with Gasteiger partial charge in [0, 0.05) is 44.0 Å². The number of sulfonamides is 1. The van der Waals surface area contributed by atoms with E-state index in [1.54, 1.807) is 0 Å². The molecule has 0 saturated carbocycles. The number of benzene rings is 1. The Morgan fingerprint density at radius 3 is 2.48 bits per heavy atom. The Labute approximate surface area is 158 Å². The van der Waals surface area contributed by atoms with Gasteiger partial charge in [0.2, 0.25) is 0 Å². The van der Waals surface area contributed by atoms with E-state index in [1.165, 1.54) is 29.4 Å². The van der Waals surface area contributed by atoms with E-state index in [2.05, 4.69) is 4.98 Å². The molecule has 12 heteroatoms. The molecule has 0 radical (unpaired) electrons. The number of nitrogens with one attached hydrogen (secondary N) is 1. The number of non-ortho nitro benzene ring substituents is 1. The monoisotopic (exact) mass is 409 g/mol. The summed E-state index contributed by atoms with van der Waals surface area (Å²) in [5.41, 5.74) is 0.840. The van der Waals surface area contributed by atoms with Gasteiger partial charge in [0.05, 0.1) is 16.2 Å². The number of aryl methyl sites for hydroxylation is 1. The maximum Gasteiger partial charge on any atom is 0.305 e. The van der Waals surface area contributed by atoms with Gasteiger partial charge in [0.25, 0.3) is 15.7 Å². The molecule has 1 aromatic heterocycles. The topological polar surface area (TPSA) is 140 Å². The first-order valence-electron chi connectivity index (χ1n) is 7.87. The minimum absolute atomic E-state index is 0.00833. The summed E-state index contributed by atoms with van der Waals surface area (Å²) in [6.45, 7) is 2.54. The Kier molecular flexibility index (Phi) is 5.01. The first kappa shape index (κ1) is 19.0. The summed E-state index contributed by atoms with van der Waals surface area (Å²) in [6.07, 6.45) is 0. The van der Waals surface area contributed by atoms with Crippen molar-refractivity contribution < 1.29 is 13.3 Å². The van der Waals surface area contributed by atoms with Crippen molar-refractivity contribution in [2.24, 2.45) is 0 Å². The second-order valence-electron chi connectivity index (χ2n) is 5.89. The number of hydrogen-bond acceptors (Lipinski definition) is 8. The summed E-state index contributed by atoms with van der Waals surface area (Å²) < 4.78 is 26.8. The second-order valence-corrected chi connectivity index (χ2v) is 9.00. The number of anilines is 1. The number of hydrogen-bond donors (Lipinski definition) is 1. The number of rotatable bonds is 4. The number of nitriles is 1. The van der Waals surface area contributed by atoms with E-state index in [0.29, 0.717) is 35.8 Å². The average Bonchev–Trinajstić information content (AvgIpc) is 3.00. The normalized spacial score (nSPS) is 15.5. The van der Waals surface area contributed by atoms with E-state index in [-0.39, 0.29) is 28.5 Å². The number of aromatic nitrogens is 1. The van der Waals surface area contributed by atoms with Crippen LogP contribution in [0.3, 0.4) is 0 Å². The molecule has 0 bridgehead atoms. The molecule has 1 aromatic carbocycles. The number of piperazine rings is 1. The van der Waals surface area contributed by atoms with Crippen molar-refractivity contribution in [1.82, 2.24) is 9.29 Å². The van der Waals surface area contributed by atoms with Gasteiger partial charge in [-0.3, -0.25) is 14.9 Å². The quantitative estimate of drug-likeness (QED) is 0.587. The van der Waals surface area contributed by atoms with Gasteiger partial charge in [0.1, 0.15) is 6.07 Å². The zero-order valence-corrected chi connectivity index (χ0v) is 15.8. The van der Waals surface area contributed by atoms with Crippen molar-refractivity contribution in [2.45, 2.75) is 11.1 Å². The summed E-state index contributed by atoms with van der Waals surface area (Å²) >= 11 is 0.661. The molecule has 27 heavy (non-hydrogen) atoms. The number of nitrogens with zero attached hydrogens (tertiary/aromatic N) is 4. The summed E-state index contributed by atoms with van der Waals surface area (Å²) in [4.78, 5) is 25.6. The molecule has 1 saturated heterocycles. The van der Waals surface area contributed by atoms with E-state index in [0.717, 1.165) is 0 Å². The van der Waals surface area contributed by atoms with Gasteiger partial charge in [-0.15, -0.1) is 0 Å². The van der Waals surface area contributed by atoms with Gasteiger partial charge >= 0.3 is 4.87 Å². The minimum Gasteiger partial charge on any atom is -0.368 e. The Bertz CT molecular complexity index is 1090. The van der Waals surface area contributed by atoms with Crippen LogP contribution in [0.25, 0.3) is 0 Å². The van der Waals surface area contributed by atoms with Crippen molar-refractivity contribution >= 4 is 32.7 Å². The zero-order chi connectivity index (χ0) is 19.8. The standard InChI is InChI=1S/C15H15N5O5S2/c1-10-14(26-15(21)17-10)27(24,25)19-6-4-18(5-7-19)13-3-2-12(20(22)23)8-11(13)9-16/h2-3,8H,4-7H2,1H3,(H,17,21). The maximum atomic E-state index is 12.7. The molecule has 1 aliphatic rings. The molecule has 1 aliphatic heterocycles. The van der Waals surface area contributed by atoms with Crippen molar-refractivity contribution in [2.75, 3.05) is 31.1 Å². The summed E-state index contributed by atoms with van der Waals surface area (Å²) in [7, 11) is -3.77. The van der Waals surface area contributed by atoms with E-state index in [1.807, 2.05) is 11.0 Å². The van der Waals surface area contributed by atoms with Crippen molar-refractivity contribution in [1.29, 1.82) is 5.26 Å². The Morgan fingerprint density at radius 1 is 1.30 bits per heavy atom. The van der Waals surface area contributed by atoms with Crippen LogP contribution in [0.15, 0.2) is 27.2 Å². The highest BCUT2D eigenvalue weighted by Gasteiger charge is 2.32. The van der Waals surface area contributed by atoms with Gasteiger partial charge in [-0.05, 0) is 13.0 Å². The summed E-state index contributed by atoms with van der Waals surface area (Å²) in [5.74, 6) is 0. The van der Waals surface area contributed by atoms with Crippen LogP contribution in [-0.2, 0) is 10.0 Å². The van der Waals surface area contributed by atoms with Crippen LogP contribution in [0, 0.1) is 28.4 Å². The molecule has 1 fully saturated rings. The lowest BCUT2D eigenvalue weighted by Crippen LogP contribution is -2.48. The lowest BCUT2D eigenvalue weighted by molar-refractivity contribution is -0.384. The van der Waals surface area contributed by atoms with Crippen molar-refractivity contribution in [3.05, 3.63) is 49.2 Å². The highest BCUT2D eigenvalue weighted by molar-refractivity contribution is 7.91. The fourth-order valence-electron chi connectivity index (χ4n) is 2.93. The Morgan fingerprint density at radius 2 is 1.96 bits per heavy atom. The van der Waals surface area contributed by atoms with E-state index in [9.17, 15) is 28.6 Å². The van der Waals surface area contributed by atoms with Gasteiger partial charge < -0.3 is 9.88 Å². The maximum absolute atomic E-state index is 12.7. The number of thiazole rings is 1. The molecule has 1 N–H and O–H groups in total. The smallest absolute Gasteiger partial charge is 0.305 e. The first-order chi connectivity index (χ1) is 12.7. The van der Waals surface area contributed by atoms with Gasteiger partial charge in [0.15, 0.2) is 4.21 Å². The first-order valence-corrected chi connectivity index (χ1v) is 10.1. The zero-order valence-electron chi connectivity index (χ0n) is 14.2. The molecule has 0 aliphatic carbocycles. The largest absolute Gasteiger partial charge is 0.368 e. The summed E-state index contributed by atoms with van der Waals surface area (Å²) in [5, 5.41) is 20.1. The molecule has 3 rings (SSSR count). The predicted octanol–water partition coefficient (Wildman–Crippen LogP) is 1.04. The van der Waals surface area contributed by atoms with Crippen LogP contribution in [-0.4, -0.2) is 48.8 Å². The minimum atomic E-state index is -3.77. The Hall–Kier alpha value is -2.75. The highest BCUT2D eigenvalue weighted by atomic mass is 32.2. The number of nitro groups is 1. The molecule has 2 heterocycles. The molecule has 10 nitrogen and oxygen atoms in total. The molecular weight excluding hydrogens is 394 g/mol. The average molecular weight is 409 g/mol. The van der Waals surface area contributed by atoms with Crippen LogP contribution in [0.2, 0.25) is 0 Å². The molecule has 2 aromatic rings. The molecule has 0 spiro atoms. The van der Waals surface area contributed by atoms with E-state index in [4.69, 9.17) is 0 Å². The van der Waals surface area contributed by atoms with Crippen LogP contribution in [0.4, 0.5) is 11.4 Å². The lowest BCUT2D eigenvalue weighted by atomic mass is 10.1. The molecule has 0 atom stereocenters. The van der Waals surface area contributed by atoms with Gasteiger partial charge in [-0.25, -0.2) is 8.42 Å². The van der Waals surface area contributed by atoms with Crippen LogP contribution in [0.5, 0.6) is 0 Å². The second kappa shape index (κ2) is 7.10. The van der Waals surface area contributed by atoms with Crippen LogP contribution < -0.4 is 9.77 Å². The van der Waals surface area contributed by atoms with Gasteiger partial charge in [-0.1, -0.05) is 11.3 Å². The summed E-state index contributed by atoms with van der Waals surface area (Å²) in [6, 6.07) is 5.98. The van der Waals surface area contributed by atoms with Crippen LogP contribution in [0.1, 0.15) is 11.3 Å². The fraction of sp³-hybridized carbons (Fsp3) is 0.333.